The normalized spacial score (nSPS) is 20.1. The van der Waals surface area contributed by atoms with E-state index in [2.05, 4.69) is 68.5 Å². The van der Waals surface area contributed by atoms with Gasteiger partial charge < -0.3 is 49.7 Å². The number of likely N-dealkylation sites (tertiary alicyclic amines) is 2. The Labute approximate surface area is 440 Å². The molecule has 75 heavy (non-hydrogen) atoms. The van der Waals surface area contributed by atoms with Gasteiger partial charge >= 0.3 is 12.2 Å². The summed E-state index contributed by atoms with van der Waals surface area (Å²) in [6, 6.07) is 10.6. The zero-order chi connectivity index (χ0) is 52.8. The van der Waals surface area contributed by atoms with E-state index >= 15 is 0 Å². The van der Waals surface area contributed by atoms with Crippen molar-refractivity contribution in [2.45, 2.75) is 135 Å². The Hall–Kier alpha value is -6.99. The molecule has 19 heteroatoms. The monoisotopic (exact) mass is 1040 g/mol. The number of amides is 4. The number of aliphatic hydroxyl groups excluding tert-OH is 1. The van der Waals surface area contributed by atoms with Crippen LogP contribution in [0.1, 0.15) is 137 Å². The number of nitrogens with one attached hydrogen (secondary N) is 4. The van der Waals surface area contributed by atoms with Crippen LogP contribution in [0.15, 0.2) is 66.6 Å². The second kappa shape index (κ2) is 21.3. The summed E-state index contributed by atoms with van der Waals surface area (Å²) in [4.78, 5) is 79.7. The van der Waals surface area contributed by atoms with Gasteiger partial charge in [-0.2, -0.15) is 0 Å². The minimum atomic E-state index is -0.911. The maximum absolute atomic E-state index is 14.6. The molecule has 6 aromatic rings. The fourth-order valence-electron chi connectivity index (χ4n) is 11.3. The molecular weight excluding hydrogens is 973 g/mol. The maximum Gasteiger partial charge on any atom is 0.407 e. The van der Waals surface area contributed by atoms with E-state index < -0.39 is 36.6 Å². The van der Waals surface area contributed by atoms with E-state index in [1.165, 1.54) is 14.2 Å². The fraction of sp³-hybridized carbons (Fsp3) is 0.482. The molecule has 0 bridgehead atoms. The lowest BCUT2D eigenvalue weighted by Gasteiger charge is -2.33. The number of rotatable bonds is 16. The lowest BCUT2D eigenvalue weighted by Crippen LogP contribution is -2.52. The van der Waals surface area contributed by atoms with Crippen molar-refractivity contribution < 1.29 is 38.5 Å². The number of alkyl carbamates (subject to hydrolysis) is 2. The molecule has 7 atom stereocenters. The quantitative estimate of drug-likeness (QED) is 0.0574. The van der Waals surface area contributed by atoms with E-state index in [4.69, 9.17) is 29.2 Å². The highest BCUT2D eigenvalue weighted by Crippen LogP contribution is 2.50. The molecule has 5 N–H and O–H groups in total. The number of aromatic amines is 2. The second-order valence-electron chi connectivity index (χ2n) is 21.1. The average Bonchev–Trinajstić information content (AvgIpc) is 4.14. The smallest absolute Gasteiger partial charge is 0.407 e. The van der Waals surface area contributed by atoms with Crippen molar-refractivity contribution in [2.24, 2.45) is 11.8 Å². The van der Waals surface area contributed by atoms with Gasteiger partial charge in [-0.25, -0.2) is 24.5 Å². The van der Waals surface area contributed by atoms with Gasteiger partial charge in [0.1, 0.15) is 29.5 Å². The number of aliphatic hydroxyl groups is 1. The highest BCUT2D eigenvalue weighted by molar-refractivity contribution is 7.11. The number of H-pyrrole nitrogens is 2. The Kier molecular flexibility index (Phi) is 14.6. The number of hydrogen-bond acceptors (Lipinski definition) is 12. The lowest BCUT2D eigenvalue weighted by atomic mass is 9.86. The number of nitrogens with zero attached hydrogens (tertiary/aromatic N) is 6. The molecule has 4 aromatic heterocycles. The molecule has 10 rings (SSSR count). The molecule has 3 unspecified atom stereocenters. The number of thiazole rings is 1. The number of benzene rings is 2. The molecule has 1 saturated carbocycles. The van der Waals surface area contributed by atoms with Crippen molar-refractivity contribution in [3.05, 3.63) is 93.7 Å². The van der Waals surface area contributed by atoms with Crippen molar-refractivity contribution in [2.75, 3.05) is 27.3 Å². The number of aryl methyl sites for hydroxylation is 1. The summed E-state index contributed by atoms with van der Waals surface area (Å²) in [6.07, 6.45) is 11.2. The van der Waals surface area contributed by atoms with Gasteiger partial charge in [0.05, 0.1) is 77.3 Å². The van der Waals surface area contributed by atoms with Crippen molar-refractivity contribution >= 4 is 46.2 Å². The first-order chi connectivity index (χ1) is 36.1. The minimum Gasteiger partial charge on any atom is -0.464 e. The molecule has 0 spiro atoms. The second-order valence-corrected chi connectivity index (χ2v) is 22.2. The summed E-state index contributed by atoms with van der Waals surface area (Å²) in [5, 5.41) is 18.2. The number of carbonyl (C=O) groups is 4. The molecule has 7 heterocycles. The van der Waals surface area contributed by atoms with Gasteiger partial charge in [-0.1, -0.05) is 31.6 Å². The van der Waals surface area contributed by atoms with E-state index in [-0.39, 0.29) is 35.7 Å². The molecule has 18 nitrogen and oxygen atoms in total. The molecule has 2 aromatic carbocycles. The molecule has 396 valence electrons. The van der Waals surface area contributed by atoms with Crippen molar-refractivity contribution in [1.82, 2.24) is 49.9 Å². The standard InChI is InChI=1S/C56H68N10O8S/c1-9-30(4)20-37(22-32(6)67)48(63-56(71)73-8)53(69)65-19-11-13-42(65)49-57-26-38(60-49)34-16-17-40-36(23-34)24-43-46-31(5)21-35(25-44(46)74-54(66(40)43)45-28-59-51(75-45)33-14-15-33)39-27-58-50(61-39)41-12-10-18-64(41)52(68)47(29(2)3)62-55(70)72-7/h9,16-17,21,23-29,32-33,37,41-42,47-48,54,67H,10-15,18-20,22H2,1-8H3,(H,57,60)(H,58,61)(H,62,70)(H,63,71)/b30-9-/t32-,37?,41-,42-,47-,48?,54?/m0/s1. The number of carbonyl (C=O) groups excluding carboxylic acids is 4. The maximum atomic E-state index is 14.6. The number of aromatic nitrogens is 6. The number of methoxy groups -OCH3 is 2. The van der Waals surface area contributed by atoms with Crippen molar-refractivity contribution in [3.63, 3.8) is 0 Å². The van der Waals surface area contributed by atoms with Crippen LogP contribution in [0.4, 0.5) is 9.59 Å². The number of allylic oxidation sites excluding steroid dienone is 2. The Morgan fingerprint density at radius 3 is 2.07 bits per heavy atom. The molecule has 2 saturated heterocycles. The van der Waals surface area contributed by atoms with E-state index in [9.17, 15) is 24.3 Å². The molecule has 3 fully saturated rings. The lowest BCUT2D eigenvalue weighted by molar-refractivity contribution is -0.136. The van der Waals surface area contributed by atoms with Crippen LogP contribution in [0.3, 0.4) is 0 Å². The summed E-state index contributed by atoms with van der Waals surface area (Å²) < 4.78 is 19.2. The highest BCUT2D eigenvalue weighted by Gasteiger charge is 2.42. The van der Waals surface area contributed by atoms with Gasteiger partial charge in [-0.05, 0) is 127 Å². The summed E-state index contributed by atoms with van der Waals surface area (Å²) in [5.74, 6) is 1.68. The molecular formula is C56H68N10O8S. The average molecular weight is 1040 g/mol. The first-order valence-electron chi connectivity index (χ1n) is 26.3. The first kappa shape index (κ1) is 51.5. The van der Waals surface area contributed by atoms with Crippen LogP contribution in [-0.4, -0.2) is 114 Å². The highest BCUT2D eigenvalue weighted by atomic mass is 32.1. The predicted octanol–water partition coefficient (Wildman–Crippen LogP) is 9.85. The zero-order valence-corrected chi connectivity index (χ0v) is 44.8. The fourth-order valence-corrected chi connectivity index (χ4v) is 12.4. The third kappa shape index (κ3) is 10.3. The van der Waals surface area contributed by atoms with Crippen LogP contribution in [0, 0.1) is 18.8 Å². The molecule has 4 amide bonds. The first-order valence-corrected chi connectivity index (χ1v) is 27.1. The predicted molar refractivity (Wildman–Crippen MR) is 285 cm³/mol. The Morgan fingerprint density at radius 2 is 1.47 bits per heavy atom. The van der Waals surface area contributed by atoms with Gasteiger partial charge in [-0.15, -0.1) is 11.3 Å². The van der Waals surface area contributed by atoms with Gasteiger partial charge in [0.25, 0.3) is 0 Å². The van der Waals surface area contributed by atoms with Gasteiger partial charge in [0, 0.05) is 47.3 Å². The summed E-state index contributed by atoms with van der Waals surface area (Å²) >= 11 is 1.71. The molecule has 0 radical (unpaired) electrons. The number of hydrogen-bond donors (Lipinski definition) is 5. The molecule has 3 aliphatic heterocycles. The number of imidazole rings is 2. The van der Waals surface area contributed by atoms with Gasteiger partial charge in [0.2, 0.25) is 18.0 Å². The molecule has 1 aliphatic carbocycles. The Bertz CT molecular complexity index is 3150. The topological polar surface area (TPSA) is 222 Å². The van der Waals surface area contributed by atoms with E-state index in [0.29, 0.717) is 49.9 Å². The van der Waals surface area contributed by atoms with Crippen LogP contribution in [-0.2, 0) is 19.1 Å². The Balaban J connectivity index is 0.953. The number of ether oxygens (including phenoxy) is 3. The molecule has 4 aliphatic rings. The summed E-state index contributed by atoms with van der Waals surface area (Å²) in [7, 11) is 2.57. The third-order valence-electron chi connectivity index (χ3n) is 15.4. The largest absolute Gasteiger partial charge is 0.464 e. The van der Waals surface area contributed by atoms with Crippen molar-refractivity contribution in [3.8, 4) is 39.5 Å². The third-order valence-corrected chi connectivity index (χ3v) is 16.6. The van der Waals surface area contributed by atoms with Crippen LogP contribution in [0.2, 0.25) is 0 Å². The minimum absolute atomic E-state index is 0.143. The summed E-state index contributed by atoms with van der Waals surface area (Å²) in [6.45, 7) is 12.6. The van der Waals surface area contributed by atoms with Crippen molar-refractivity contribution in [1.29, 1.82) is 0 Å². The van der Waals surface area contributed by atoms with E-state index in [1.807, 2.05) is 62.2 Å². The van der Waals surface area contributed by atoms with Gasteiger partial charge in [0.15, 0.2) is 0 Å². The van der Waals surface area contributed by atoms with Crippen LogP contribution < -0.4 is 15.4 Å². The Morgan fingerprint density at radius 1 is 0.840 bits per heavy atom. The number of fused-ring (bicyclic) bond motifs is 5. The van der Waals surface area contributed by atoms with Crippen LogP contribution >= 0.6 is 11.3 Å². The van der Waals surface area contributed by atoms with E-state index in [1.54, 1.807) is 18.3 Å². The zero-order valence-electron chi connectivity index (χ0n) is 43.9. The van der Waals surface area contributed by atoms with Crippen LogP contribution in [0.5, 0.6) is 5.75 Å². The SMILES string of the molecule is C/C=C(/C)CC(C[C@H](C)O)C(NC(=O)OC)C(=O)N1CCC[C@H]1c1ncc(-c2ccc3c(c2)cc2n3C(c3cnc(C4CC4)s3)Oc3cc(-c4cnc([C@@H]5CCCN5C(=O)[C@@H](NC(=O)OC)C(C)C)[nH]4)cc(C)c3-2)[nH]1. The van der Waals surface area contributed by atoms with E-state index in [0.717, 1.165) is 104 Å². The summed E-state index contributed by atoms with van der Waals surface area (Å²) in [5.41, 5.74) is 8.51. The van der Waals surface area contributed by atoms with Crippen LogP contribution in [0.25, 0.3) is 44.7 Å². The van der Waals surface area contributed by atoms with Gasteiger partial charge in [-0.3, -0.25) is 14.2 Å².